The number of hydrogen-bond donors (Lipinski definition) is 1. The number of thiazole rings is 1. The van der Waals surface area contributed by atoms with E-state index in [9.17, 15) is 9.59 Å². The van der Waals surface area contributed by atoms with Gasteiger partial charge >= 0.3 is 0 Å². The highest BCUT2D eigenvalue weighted by Gasteiger charge is 2.08. The van der Waals surface area contributed by atoms with E-state index in [1.54, 1.807) is 30.8 Å². The summed E-state index contributed by atoms with van der Waals surface area (Å²) in [5.41, 5.74) is 1.04. The second-order valence-electron chi connectivity index (χ2n) is 4.85. The first kappa shape index (κ1) is 15.9. The Bertz CT molecular complexity index is 888. The molecule has 0 aliphatic heterocycles. The van der Waals surface area contributed by atoms with E-state index in [1.807, 2.05) is 12.1 Å². The lowest BCUT2D eigenvalue weighted by Gasteiger charge is -2.07. The van der Waals surface area contributed by atoms with Crippen molar-refractivity contribution in [2.75, 3.05) is 12.4 Å². The van der Waals surface area contributed by atoms with Crippen molar-refractivity contribution in [2.45, 2.75) is 6.54 Å². The number of rotatable bonds is 5. The number of nitrogens with zero attached hydrogens (tertiary/aromatic N) is 3. The molecule has 1 N–H and O–H groups in total. The molecular weight excluding hydrogens is 328 g/mol. The molecular formula is C16H14N4O3S. The summed E-state index contributed by atoms with van der Waals surface area (Å²) >= 11 is 1.31. The van der Waals surface area contributed by atoms with Gasteiger partial charge in [0.1, 0.15) is 12.3 Å². The first-order valence-corrected chi connectivity index (χ1v) is 7.94. The average molecular weight is 342 g/mol. The van der Waals surface area contributed by atoms with Gasteiger partial charge in [0.25, 0.3) is 5.56 Å². The fourth-order valence-corrected chi connectivity index (χ4v) is 2.61. The molecule has 0 spiro atoms. The van der Waals surface area contributed by atoms with Crippen molar-refractivity contribution in [1.82, 2.24) is 14.5 Å². The van der Waals surface area contributed by atoms with Crippen LogP contribution in [0, 0.1) is 0 Å². The van der Waals surface area contributed by atoms with Crippen LogP contribution in [0.1, 0.15) is 0 Å². The summed E-state index contributed by atoms with van der Waals surface area (Å²) in [6.07, 6.45) is 2.96. The summed E-state index contributed by atoms with van der Waals surface area (Å²) in [5.74, 6) is 0.400. The number of amides is 1. The van der Waals surface area contributed by atoms with Crippen LogP contribution in [0.5, 0.6) is 5.75 Å². The fraction of sp³-hybridized carbons (Fsp3) is 0.125. The molecule has 0 saturated carbocycles. The SMILES string of the molecule is COc1ccc(-c2cc(=O)n(CC(=O)Nc3nccs3)cn2)cc1. The molecule has 1 aromatic carbocycles. The average Bonchev–Trinajstić information content (AvgIpc) is 3.09. The number of benzene rings is 1. The Balaban J connectivity index is 1.74. The fourth-order valence-electron chi connectivity index (χ4n) is 2.06. The van der Waals surface area contributed by atoms with Crippen LogP contribution in [0.3, 0.4) is 0 Å². The lowest BCUT2D eigenvalue weighted by atomic mass is 10.1. The Hall–Kier alpha value is -3.00. The molecule has 24 heavy (non-hydrogen) atoms. The maximum Gasteiger partial charge on any atom is 0.254 e. The second kappa shape index (κ2) is 7.05. The molecule has 8 heteroatoms. The minimum atomic E-state index is -0.328. The summed E-state index contributed by atoms with van der Waals surface area (Å²) in [6.45, 7) is -0.117. The molecule has 0 aliphatic rings. The predicted molar refractivity (Wildman–Crippen MR) is 91.2 cm³/mol. The highest BCUT2D eigenvalue weighted by molar-refractivity contribution is 7.13. The molecule has 0 saturated heterocycles. The lowest BCUT2D eigenvalue weighted by molar-refractivity contribution is -0.116. The van der Waals surface area contributed by atoms with Crippen molar-refractivity contribution in [3.8, 4) is 17.0 Å². The molecule has 0 radical (unpaired) electrons. The van der Waals surface area contributed by atoms with Crippen molar-refractivity contribution >= 4 is 22.4 Å². The molecule has 0 atom stereocenters. The van der Waals surface area contributed by atoms with Crippen LogP contribution in [0.2, 0.25) is 0 Å². The molecule has 7 nitrogen and oxygen atoms in total. The second-order valence-corrected chi connectivity index (χ2v) is 5.75. The number of methoxy groups -OCH3 is 1. The number of carbonyl (C=O) groups excluding carboxylic acids is 1. The third-order valence-electron chi connectivity index (χ3n) is 3.26. The molecule has 0 fully saturated rings. The predicted octanol–water partition coefficient (Wildman–Crippen LogP) is 2.01. The van der Waals surface area contributed by atoms with Crippen molar-refractivity contribution in [3.05, 3.63) is 58.6 Å². The number of hydrogen-bond acceptors (Lipinski definition) is 6. The van der Waals surface area contributed by atoms with Crippen LogP contribution >= 0.6 is 11.3 Å². The van der Waals surface area contributed by atoms with Crippen molar-refractivity contribution in [1.29, 1.82) is 0 Å². The van der Waals surface area contributed by atoms with E-state index in [0.29, 0.717) is 10.8 Å². The van der Waals surface area contributed by atoms with Gasteiger partial charge in [-0.1, -0.05) is 0 Å². The quantitative estimate of drug-likeness (QED) is 0.766. The van der Waals surface area contributed by atoms with Crippen molar-refractivity contribution in [2.24, 2.45) is 0 Å². The zero-order valence-corrected chi connectivity index (χ0v) is 13.6. The van der Waals surface area contributed by atoms with Crippen molar-refractivity contribution < 1.29 is 9.53 Å². The number of carbonyl (C=O) groups is 1. The van der Waals surface area contributed by atoms with Gasteiger partial charge in [0.15, 0.2) is 5.13 Å². The van der Waals surface area contributed by atoms with Crippen LogP contribution in [-0.2, 0) is 11.3 Å². The first-order chi connectivity index (χ1) is 11.7. The summed E-state index contributed by atoms with van der Waals surface area (Å²) in [7, 11) is 1.59. The largest absolute Gasteiger partial charge is 0.497 e. The van der Waals surface area contributed by atoms with Gasteiger partial charge in [-0.15, -0.1) is 11.3 Å². The monoisotopic (exact) mass is 342 g/mol. The maximum absolute atomic E-state index is 12.2. The molecule has 1 amide bonds. The minimum Gasteiger partial charge on any atom is -0.497 e. The van der Waals surface area contributed by atoms with E-state index >= 15 is 0 Å². The summed E-state index contributed by atoms with van der Waals surface area (Å²) < 4.78 is 6.35. The Kier molecular flexibility index (Phi) is 4.66. The summed E-state index contributed by atoms with van der Waals surface area (Å²) in [5, 5.41) is 4.88. The standard InChI is InChI=1S/C16H14N4O3S/c1-23-12-4-2-11(3-5-12)13-8-15(22)20(10-18-13)9-14(21)19-16-17-6-7-24-16/h2-8,10H,9H2,1H3,(H,17,19,21). The molecule has 3 aromatic rings. The molecule has 0 aliphatic carbocycles. The van der Waals surface area contributed by atoms with Gasteiger partial charge in [-0.25, -0.2) is 9.97 Å². The maximum atomic E-state index is 12.2. The van der Waals surface area contributed by atoms with Gasteiger partial charge in [-0.05, 0) is 24.3 Å². The van der Waals surface area contributed by atoms with Gasteiger partial charge in [0.05, 0.1) is 19.1 Å². The third-order valence-corrected chi connectivity index (χ3v) is 3.95. The Labute approximate surface area is 141 Å². The van der Waals surface area contributed by atoms with Gasteiger partial charge in [0, 0.05) is 23.2 Å². The molecule has 122 valence electrons. The zero-order valence-electron chi connectivity index (χ0n) is 12.8. The first-order valence-electron chi connectivity index (χ1n) is 7.06. The van der Waals surface area contributed by atoms with Gasteiger partial charge in [-0.2, -0.15) is 0 Å². The lowest BCUT2D eigenvalue weighted by Crippen LogP contribution is -2.27. The topological polar surface area (TPSA) is 86.1 Å². The molecule has 0 unspecified atom stereocenters. The summed E-state index contributed by atoms with van der Waals surface area (Å²) in [4.78, 5) is 32.3. The van der Waals surface area contributed by atoms with Crippen LogP contribution in [0.4, 0.5) is 5.13 Å². The van der Waals surface area contributed by atoms with Crippen LogP contribution in [0.15, 0.2) is 53.0 Å². The highest BCUT2D eigenvalue weighted by atomic mass is 32.1. The van der Waals surface area contributed by atoms with Gasteiger partial charge in [-0.3, -0.25) is 14.2 Å². The van der Waals surface area contributed by atoms with E-state index in [4.69, 9.17) is 4.74 Å². The van der Waals surface area contributed by atoms with E-state index in [-0.39, 0.29) is 18.0 Å². The van der Waals surface area contributed by atoms with Crippen LogP contribution in [-0.4, -0.2) is 27.6 Å². The van der Waals surface area contributed by atoms with E-state index in [0.717, 1.165) is 11.3 Å². The summed E-state index contributed by atoms with van der Waals surface area (Å²) in [6, 6.07) is 8.63. The normalized spacial score (nSPS) is 10.4. The van der Waals surface area contributed by atoms with E-state index < -0.39 is 0 Å². The number of aromatic nitrogens is 3. The van der Waals surface area contributed by atoms with E-state index in [2.05, 4.69) is 15.3 Å². The Morgan fingerprint density at radius 3 is 2.71 bits per heavy atom. The highest BCUT2D eigenvalue weighted by Crippen LogP contribution is 2.19. The zero-order chi connectivity index (χ0) is 16.9. The van der Waals surface area contributed by atoms with Crippen molar-refractivity contribution in [3.63, 3.8) is 0 Å². The number of ether oxygens (including phenoxy) is 1. The Morgan fingerprint density at radius 1 is 1.29 bits per heavy atom. The van der Waals surface area contributed by atoms with Crippen LogP contribution in [0.25, 0.3) is 11.3 Å². The van der Waals surface area contributed by atoms with Crippen LogP contribution < -0.4 is 15.6 Å². The molecule has 0 bridgehead atoms. The Morgan fingerprint density at radius 2 is 2.08 bits per heavy atom. The number of anilines is 1. The van der Waals surface area contributed by atoms with E-state index in [1.165, 1.54) is 28.3 Å². The smallest absolute Gasteiger partial charge is 0.254 e. The molecule has 3 rings (SSSR count). The molecule has 2 aromatic heterocycles. The van der Waals surface area contributed by atoms with Gasteiger partial charge < -0.3 is 10.1 Å². The van der Waals surface area contributed by atoms with Gasteiger partial charge in [0.2, 0.25) is 5.91 Å². The number of nitrogens with one attached hydrogen (secondary N) is 1. The minimum absolute atomic E-state index is 0.117. The third kappa shape index (κ3) is 3.66. The molecule has 2 heterocycles.